The summed E-state index contributed by atoms with van der Waals surface area (Å²) in [5.41, 5.74) is 0.696. The van der Waals surface area contributed by atoms with Crippen molar-refractivity contribution < 1.29 is 0 Å². The van der Waals surface area contributed by atoms with E-state index in [0.717, 1.165) is 18.9 Å². The van der Waals surface area contributed by atoms with Gasteiger partial charge in [0, 0.05) is 25.3 Å². The number of anilines is 1. The fourth-order valence-electron chi connectivity index (χ4n) is 3.25. The number of aromatic nitrogens is 1. The molecule has 4 nitrogen and oxygen atoms in total. The Balaban J connectivity index is 1.70. The molecule has 0 spiro atoms. The predicted molar refractivity (Wildman–Crippen MR) is 75.0 cm³/mol. The van der Waals surface area contributed by atoms with Gasteiger partial charge in [-0.2, -0.15) is 5.26 Å². The standard InChI is InChI=1S/C15H20N4/c16-11-13-5-4-7-17-15(13)19-10-6-14(12-19)18-8-2-1-3-9-18/h4-5,7,14H,1-3,6,8-10,12H2. The maximum atomic E-state index is 9.17. The largest absolute Gasteiger partial charge is 0.354 e. The third-order valence-electron chi connectivity index (χ3n) is 4.28. The van der Waals surface area contributed by atoms with Crippen LogP contribution in [0.1, 0.15) is 31.2 Å². The number of piperidine rings is 1. The Hall–Kier alpha value is -1.60. The molecule has 3 rings (SSSR count). The molecule has 19 heavy (non-hydrogen) atoms. The second-order valence-electron chi connectivity index (χ2n) is 5.47. The fraction of sp³-hybridized carbons (Fsp3) is 0.600. The molecule has 1 unspecified atom stereocenters. The second-order valence-corrected chi connectivity index (χ2v) is 5.47. The summed E-state index contributed by atoms with van der Waals surface area (Å²) in [6, 6.07) is 6.59. The van der Waals surface area contributed by atoms with Gasteiger partial charge in [-0.25, -0.2) is 4.98 Å². The van der Waals surface area contributed by atoms with Crippen LogP contribution in [0.5, 0.6) is 0 Å². The molecule has 0 aromatic carbocycles. The third kappa shape index (κ3) is 2.57. The summed E-state index contributed by atoms with van der Waals surface area (Å²) in [6.45, 7) is 4.52. The summed E-state index contributed by atoms with van der Waals surface area (Å²) in [6.07, 6.45) is 7.03. The van der Waals surface area contributed by atoms with E-state index in [4.69, 9.17) is 5.26 Å². The number of pyridine rings is 1. The van der Waals surface area contributed by atoms with Crippen molar-refractivity contribution in [3.8, 4) is 6.07 Å². The summed E-state index contributed by atoms with van der Waals surface area (Å²) >= 11 is 0. The van der Waals surface area contributed by atoms with Gasteiger partial charge in [0.2, 0.25) is 0 Å². The monoisotopic (exact) mass is 256 g/mol. The van der Waals surface area contributed by atoms with Crippen molar-refractivity contribution in [1.29, 1.82) is 5.26 Å². The first-order valence-electron chi connectivity index (χ1n) is 7.22. The molecule has 3 heterocycles. The summed E-state index contributed by atoms with van der Waals surface area (Å²) < 4.78 is 0. The second kappa shape index (κ2) is 5.58. The van der Waals surface area contributed by atoms with Gasteiger partial charge in [-0.3, -0.25) is 4.90 Å². The van der Waals surface area contributed by atoms with E-state index in [1.807, 2.05) is 12.1 Å². The lowest BCUT2D eigenvalue weighted by Gasteiger charge is -2.32. The van der Waals surface area contributed by atoms with Gasteiger partial charge in [0.1, 0.15) is 11.9 Å². The first-order valence-corrected chi connectivity index (χ1v) is 7.22. The van der Waals surface area contributed by atoms with Crippen LogP contribution in [0.15, 0.2) is 18.3 Å². The van der Waals surface area contributed by atoms with Gasteiger partial charge >= 0.3 is 0 Å². The van der Waals surface area contributed by atoms with Crippen molar-refractivity contribution in [3.05, 3.63) is 23.9 Å². The number of nitrogens with zero attached hydrogens (tertiary/aromatic N) is 4. The van der Waals surface area contributed by atoms with Crippen LogP contribution >= 0.6 is 0 Å². The lowest BCUT2D eigenvalue weighted by Crippen LogP contribution is -2.41. The fourth-order valence-corrected chi connectivity index (χ4v) is 3.25. The molecule has 2 aliphatic rings. The van der Waals surface area contributed by atoms with E-state index in [1.54, 1.807) is 6.20 Å². The smallest absolute Gasteiger partial charge is 0.146 e. The van der Waals surface area contributed by atoms with Crippen LogP contribution < -0.4 is 4.90 Å². The normalized spacial score (nSPS) is 24.4. The van der Waals surface area contributed by atoms with E-state index in [-0.39, 0.29) is 0 Å². The zero-order valence-electron chi connectivity index (χ0n) is 11.3. The highest BCUT2D eigenvalue weighted by Gasteiger charge is 2.29. The van der Waals surface area contributed by atoms with Crippen LogP contribution in [-0.4, -0.2) is 42.1 Å². The van der Waals surface area contributed by atoms with Crippen molar-refractivity contribution in [1.82, 2.24) is 9.88 Å². The van der Waals surface area contributed by atoms with Crippen LogP contribution in [-0.2, 0) is 0 Å². The number of likely N-dealkylation sites (tertiary alicyclic amines) is 1. The molecule has 100 valence electrons. The maximum absolute atomic E-state index is 9.17. The lowest BCUT2D eigenvalue weighted by atomic mass is 10.1. The molecule has 0 aliphatic carbocycles. The summed E-state index contributed by atoms with van der Waals surface area (Å²) in [5, 5.41) is 9.17. The Kier molecular flexibility index (Phi) is 3.65. The minimum absolute atomic E-state index is 0.647. The zero-order chi connectivity index (χ0) is 13.1. The number of hydrogen-bond donors (Lipinski definition) is 0. The summed E-state index contributed by atoms with van der Waals surface area (Å²) in [4.78, 5) is 9.30. The Labute approximate surface area is 114 Å². The first kappa shape index (κ1) is 12.4. The molecule has 0 N–H and O–H groups in total. The molecular weight excluding hydrogens is 236 g/mol. The van der Waals surface area contributed by atoms with E-state index >= 15 is 0 Å². The number of nitriles is 1. The van der Waals surface area contributed by atoms with Crippen LogP contribution in [0.3, 0.4) is 0 Å². The zero-order valence-corrected chi connectivity index (χ0v) is 11.3. The number of hydrogen-bond acceptors (Lipinski definition) is 4. The van der Waals surface area contributed by atoms with Gasteiger partial charge in [-0.15, -0.1) is 0 Å². The van der Waals surface area contributed by atoms with Crippen LogP contribution in [0.4, 0.5) is 5.82 Å². The quantitative estimate of drug-likeness (QED) is 0.812. The Bertz CT molecular complexity index is 473. The molecule has 1 atom stereocenters. The first-order chi connectivity index (χ1) is 9.38. The molecule has 4 heteroatoms. The molecule has 1 aromatic rings. The lowest BCUT2D eigenvalue weighted by molar-refractivity contribution is 0.175. The SMILES string of the molecule is N#Cc1cccnc1N1CCC(N2CCCCC2)C1. The summed E-state index contributed by atoms with van der Waals surface area (Å²) in [7, 11) is 0. The Morgan fingerprint density at radius 2 is 2.05 bits per heavy atom. The number of rotatable bonds is 2. The third-order valence-corrected chi connectivity index (χ3v) is 4.28. The Morgan fingerprint density at radius 3 is 2.84 bits per heavy atom. The highest BCUT2D eigenvalue weighted by Crippen LogP contribution is 2.25. The minimum atomic E-state index is 0.647. The van der Waals surface area contributed by atoms with Crippen molar-refractivity contribution in [2.75, 3.05) is 31.1 Å². The van der Waals surface area contributed by atoms with E-state index in [0.29, 0.717) is 11.6 Å². The average Bonchev–Trinajstić information content (AvgIpc) is 2.98. The molecule has 0 radical (unpaired) electrons. The summed E-state index contributed by atoms with van der Waals surface area (Å²) in [5.74, 6) is 0.865. The topological polar surface area (TPSA) is 43.2 Å². The van der Waals surface area contributed by atoms with Crippen molar-refractivity contribution in [2.24, 2.45) is 0 Å². The van der Waals surface area contributed by atoms with E-state index in [2.05, 4.69) is 20.9 Å². The molecule has 2 saturated heterocycles. The van der Waals surface area contributed by atoms with Gasteiger partial charge in [0.25, 0.3) is 0 Å². The van der Waals surface area contributed by atoms with Gasteiger partial charge < -0.3 is 4.90 Å². The van der Waals surface area contributed by atoms with Gasteiger partial charge in [0.15, 0.2) is 0 Å². The van der Waals surface area contributed by atoms with E-state index < -0.39 is 0 Å². The van der Waals surface area contributed by atoms with Crippen LogP contribution in [0, 0.1) is 11.3 Å². The van der Waals surface area contributed by atoms with E-state index in [9.17, 15) is 0 Å². The van der Waals surface area contributed by atoms with Crippen LogP contribution in [0.25, 0.3) is 0 Å². The van der Waals surface area contributed by atoms with Crippen molar-refractivity contribution in [3.63, 3.8) is 0 Å². The van der Waals surface area contributed by atoms with Gasteiger partial charge in [-0.1, -0.05) is 6.42 Å². The molecule has 1 aromatic heterocycles. The molecule has 2 fully saturated rings. The average molecular weight is 256 g/mol. The van der Waals surface area contributed by atoms with Crippen LogP contribution in [0.2, 0.25) is 0 Å². The van der Waals surface area contributed by atoms with E-state index in [1.165, 1.54) is 38.8 Å². The molecular formula is C15H20N4. The van der Waals surface area contributed by atoms with Crippen molar-refractivity contribution >= 4 is 5.82 Å². The van der Waals surface area contributed by atoms with Gasteiger partial charge in [-0.05, 0) is 44.5 Å². The van der Waals surface area contributed by atoms with Crippen molar-refractivity contribution in [2.45, 2.75) is 31.7 Å². The predicted octanol–water partition coefficient (Wildman–Crippen LogP) is 2.02. The molecule has 0 saturated carbocycles. The Morgan fingerprint density at radius 1 is 1.21 bits per heavy atom. The highest BCUT2D eigenvalue weighted by atomic mass is 15.3. The molecule has 0 bridgehead atoms. The minimum Gasteiger partial charge on any atom is -0.354 e. The van der Waals surface area contributed by atoms with Gasteiger partial charge in [0.05, 0.1) is 5.56 Å². The highest BCUT2D eigenvalue weighted by molar-refractivity contribution is 5.54. The molecule has 0 amide bonds. The maximum Gasteiger partial charge on any atom is 0.146 e. The molecule has 2 aliphatic heterocycles.